The molecule has 0 saturated carbocycles. The Bertz CT molecular complexity index is 938. The molecule has 2 heterocycles. The Labute approximate surface area is 156 Å². The Kier molecular flexibility index (Phi) is 5.27. The fourth-order valence-electron chi connectivity index (χ4n) is 2.37. The third-order valence-corrected chi connectivity index (χ3v) is 3.74. The summed E-state index contributed by atoms with van der Waals surface area (Å²) in [4.78, 5) is 21.7. The summed E-state index contributed by atoms with van der Waals surface area (Å²) in [5.41, 5.74) is 13.9. The quantitative estimate of drug-likeness (QED) is 0.482. The first-order valence-corrected chi connectivity index (χ1v) is 8.34. The molecule has 0 aliphatic heterocycles. The van der Waals surface area contributed by atoms with Crippen LogP contribution in [0.5, 0.6) is 0 Å². The van der Waals surface area contributed by atoms with Crippen molar-refractivity contribution < 1.29 is 4.79 Å². The van der Waals surface area contributed by atoms with E-state index in [0.717, 1.165) is 11.3 Å². The van der Waals surface area contributed by atoms with E-state index in [0.29, 0.717) is 24.0 Å². The zero-order chi connectivity index (χ0) is 19.4. The van der Waals surface area contributed by atoms with Gasteiger partial charge in [0.05, 0.1) is 18.1 Å². The van der Waals surface area contributed by atoms with Gasteiger partial charge in [-0.1, -0.05) is 6.07 Å². The number of amides is 1. The predicted octanol–water partition coefficient (Wildman–Crippen LogP) is 0.967. The SMILES string of the molecule is Cc1ccc(Nc2nc(NCC(C)N)ncc2C(N)=O)cc1-n1nccn1. The number of nitrogens with zero attached hydrogens (tertiary/aromatic N) is 5. The second-order valence-electron chi connectivity index (χ2n) is 6.12. The predicted molar refractivity (Wildman–Crippen MR) is 102 cm³/mol. The molecule has 0 aliphatic rings. The molecule has 1 amide bonds. The number of carbonyl (C=O) groups excluding carboxylic acids is 1. The summed E-state index contributed by atoms with van der Waals surface area (Å²) in [5, 5.41) is 14.4. The standard InChI is InChI=1S/C17H21N9O/c1-10-3-4-12(7-14(10)26-22-5-6-23-26)24-16-13(15(19)27)9-21-17(25-16)20-8-11(2)18/h3-7,9,11H,8,18H2,1-2H3,(H2,19,27)(H2,20,21,24,25). The van der Waals surface area contributed by atoms with Gasteiger partial charge in [-0.15, -0.1) is 0 Å². The molecule has 140 valence electrons. The van der Waals surface area contributed by atoms with Gasteiger partial charge in [0.15, 0.2) is 0 Å². The van der Waals surface area contributed by atoms with Gasteiger partial charge < -0.3 is 22.1 Å². The number of rotatable bonds is 7. The zero-order valence-corrected chi connectivity index (χ0v) is 15.0. The first kappa shape index (κ1) is 18.3. The summed E-state index contributed by atoms with van der Waals surface area (Å²) in [7, 11) is 0. The second-order valence-corrected chi connectivity index (χ2v) is 6.12. The average molecular weight is 367 g/mol. The molecule has 0 bridgehead atoms. The molecule has 3 aromatic rings. The minimum absolute atomic E-state index is 0.0675. The van der Waals surface area contributed by atoms with E-state index in [9.17, 15) is 4.79 Å². The van der Waals surface area contributed by atoms with Crippen molar-refractivity contribution in [2.45, 2.75) is 19.9 Å². The van der Waals surface area contributed by atoms with Crippen molar-refractivity contribution in [1.82, 2.24) is 25.0 Å². The van der Waals surface area contributed by atoms with Crippen molar-refractivity contribution in [3.8, 4) is 5.69 Å². The molecule has 3 rings (SSSR count). The van der Waals surface area contributed by atoms with E-state index >= 15 is 0 Å². The van der Waals surface area contributed by atoms with Gasteiger partial charge in [-0.2, -0.15) is 20.0 Å². The minimum Gasteiger partial charge on any atom is -0.365 e. The number of anilines is 3. The third kappa shape index (κ3) is 4.36. The van der Waals surface area contributed by atoms with E-state index in [-0.39, 0.29) is 11.6 Å². The highest BCUT2D eigenvalue weighted by Crippen LogP contribution is 2.23. The molecule has 0 saturated heterocycles. The lowest BCUT2D eigenvalue weighted by Crippen LogP contribution is -2.26. The van der Waals surface area contributed by atoms with Gasteiger partial charge in [-0.25, -0.2) is 4.98 Å². The van der Waals surface area contributed by atoms with E-state index in [2.05, 4.69) is 30.8 Å². The van der Waals surface area contributed by atoms with Crippen LogP contribution in [0.3, 0.4) is 0 Å². The van der Waals surface area contributed by atoms with Crippen molar-refractivity contribution in [2.75, 3.05) is 17.2 Å². The number of nitrogens with one attached hydrogen (secondary N) is 2. The highest BCUT2D eigenvalue weighted by atomic mass is 16.1. The lowest BCUT2D eigenvalue weighted by molar-refractivity contribution is 0.100. The lowest BCUT2D eigenvalue weighted by Gasteiger charge is -2.13. The normalized spacial score (nSPS) is 11.8. The monoisotopic (exact) mass is 367 g/mol. The van der Waals surface area contributed by atoms with Crippen LogP contribution in [0.2, 0.25) is 0 Å². The van der Waals surface area contributed by atoms with Crippen LogP contribution in [-0.4, -0.2) is 43.5 Å². The van der Waals surface area contributed by atoms with Gasteiger partial charge in [0.1, 0.15) is 11.4 Å². The maximum Gasteiger partial charge on any atom is 0.254 e. The van der Waals surface area contributed by atoms with E-state index < -0.39 is 5.91 Å². The second kappa shape index (κ2) is 7.79. The first-order valence-electron chi connectivity index (χ1n) is 8.34. The number of benzene rings is 1. The molecular formula is C17H21N9O. The molecule has 0 spiro atoms. The Balaban J connectivity index is 1.93. The van der Waals surface area contributed by atoms with Crippen LogP contribution in [0, 0.1) is 6.92 Å². The van der Waals surface area contributed by atoms with Crippen LogP contribution in [0.1, 0.15) is 22.8 Å². The number of aryl methyl sites for hydroxylation is 1. The van der Waals surface area contributed by atoms with Crippen molar-refractivity contribution >= 4 is 23.4 Å². The Hall–Kier alpha value is -3.53. The molecule has 27 heavy (non-hydrogen) atoms. The number of primary amides is 1. The molecular weight excluding hydrogens is 346 g/mol. The number of hydrogen-bond donors (Lipinski definition) is 4. The highest BCUT2D eigenvalue weighted by Gasteiger charge is 2.14. The highest BCUT2D eigenvalue weighted by molar-refractivity contribution is 5.98. The summed E-state index contributed by atoms with van der Waals surface area (Å²) < 4.78 is 0. The molecule has 10 nitrogen and oxygen atoms in total. The minimum atomic E-state index is -0.627. The molecule has 0 fully saturated rings. The summed E-state index contributed by atoms with van der Waals surface area (Å²) in [5.74, 6) is 0.0195. The van der Waals surface area contributed by atoms with Gasteiger partial charge in [0.2, 0.25) is 5.95 Å². The molecule has 1 atom stereocenters. The topological polar surface area (TPSA) is 150 Å². The van der Waals surface area contributed by atoms with Crippen LogP contribution in [0.25, 0.3) is 5.69 Å². The van der Waals surface area contributed by atoms with Crippen LogP contribution in [0.4, 0.5) is 17.5 Å². The van der Waals surface area contributed by atoms with Gasteiger partial charge in [-0.3, -0.25) is 4.79 Å². The largest absolute Gasteiger partial charge is 0.365 e. The summed E-state index contributed by atoms with van der Waals surface area (Å²) in [6.07, 6.45) is 4.59. The lowest BCUT2D eigenvalue weighted by atomic mass is 10.2. The van der Waals surface area contributed by atoms with Crippen molar-refractivity contribution in [3.63, 3.8) is 0 Å². The Morgan fingerprint density at radius 1 is 1.30 bits per heavy atom. The van der Waals surface area contributed by atoms with Gasteiger partial charge >= 0.3 is 0 Å². The number of nitrogens with two attached hydrogens (primary N) is 2. The third-order valence-electron chi connectivity index (χ3n) is 3.74. The number of aromatic nitrogens is 5. The smallest absolute Gasteiger partial charge is 0.254 e. The van der Waals surface area contributed by atoms with Gasteiger partial charge in [0, 0.05) is 24.5 Å². The first-order chi connectivity index (χ1) is 12.9. The van der Waals surface area contributed by atoms with Crippen LogP contribution >= 0.6 is 0 Å². The van der Waals surface area contributed by atoms with Gasteiger partial charge in [0.25, 0.3) is 5.91 Å². The maximum atomic E-state index is 11.7. The zero-order valence-electron chi connectivity index (χ0n) is 15.0. The van der Waals surface area contributed by atoms with Crippen LogP contribution in [0.15, 0.2) is 36.8 Å². The molecule has 10 heteroatoms. The number of carbonyl (C=O) groups is 1. The van der Waals surface area contributed by atoms with Crippen molar-refractivity contribution in [3.05, 3.63) is 47.9 Å². The molecule has 2 aromatic heterocycles. The molecule has 6 N–H and O–H groups in total. The average Bonchev–Trinajstić information content (AvgIpc) is 3.16. The maximum absolute atomic E-state index is 11.7. The van der Waals surface area contributed by atoms with Crippen LogP contribution < -0.4 is 22.1 Å². The van der Waals surface area contributed by atoms with E-state index in [1.54, 1.807) is 12.4 Å². The van der Waals surface area contributed by atoms with Crippen LogP contribution in [-0.2, 0) is 0 Å². The molecule has 1 aromatic carbocycles. The Morgan fingerprint density at radius 2 is 2.04 bits per heavy atom. The van der Waals surface area contributed by atoms with E-state index in [1.165, 1.54) is 11.0 Å². The fraction of sp³-hybridized carbons (Fsp3) is 0.235. The molecule has 0 radical (unpaired) electrons. The molecule has 0 aliphatic carbocycles. The van der Waals surface area contributed by atoms with E-state index in [4.69, 9.17) is 11.5 Å². The van der Waals surface area contributed by atoms with E-state index in [1.807, 2.05) is 32.0 Å². The Morgan fingerprint density at radius 3 is 2.70 bits per heavy atom. The summed E-state index contributed by atoms with van der Waals surface area (Å²) >= 11 is 0. The van der Waals surface area contributed by atoms with Crippen molar-refractivity contribution in [1.29, 1.82) is 0 Å². The molecule has 1 unspecified atom stereocenters. The summed E-state index contributed by atoms with van der Waals surface area (Å²) in [6, 6.07) is 5.57. The van der Waals surface area contributed by atoms with Gasteiger partial charge in [-0.05, 0) is 31.5 Å². The summed E-state index contributed by atoms with van der Waals surface area (Å²) in [6.45, 7) is 4.31. The fourth-order valence-corrected chi connectivity index (χ4v) is 2.37. The number of hydrogen-bond acceptors (Lipinski definition) is 8. The van der Waals surface area contributed by atoms with Crippen molar-refractivity contribution in [2.24, 2.45) is 11.5 Å².